The van der Waals surface area contributed by atoms with Gasteiger partial charge in [0.05, 0.1) is 23.5 Å². The van der Waals surface area contributed by atoms with Gasteiger partial charge in [-0.3, -0.25) is 0 Å². The number of rotatable bonds is 5. The lowest BCUT2D eigenvalue weighted by Crippen LogP contribution is -2.22. The van der Waals surface area contributed by atoms with Crippen LogP contribution in [-0.2, 0) is 6.54 Å². The number of halogens is 1. The summed E-state index contributed by atoms with van der Waals surface area (Å²) in [7, 11) is 0. The van der Waals surface area contributed by atoms with Crippen LogP contribution >= 0.6 is 27.3 Å². The highest BCUT2D eigenvalue weighted by Crippen LogP contribution is 2.28. The molecule has 0 fully saturated rings. The number of nitrogens with zero attached hydrogens (tertiary/aromatic N) is 1. The minimum atomic E-state index is -0.964. The highest BCUT2D eigenvalue weighted by atomic mass is 79.9. The first-order valence-electron chi connectivity index (χ1n) is 6.12. The summed E-state index contributed by atoms with van der Waals surface area (Å²) in [5, 5.41) is 11.0. The molecule has 0 unspecified atom stereocenters. The van der Waals surface area contributed by atoms with Crippen LogP contribution in [0.3, 0.4) is 0 Å². The van der Waals surface area contributed by atoms with Gasteiger partial charge in [-0.05, 0) is 47.1 Å². The molecule has 0 radical (unpaired) electrons. The molecule has 0 aliphatic heterocycles. The Bertz CT molecular complexity index is 627. The van der Waals surface area contributed by atoms with E-state index in [0.29, 0.717) is 5.69 Å². The number of aromatic carboxylic acids is 1. The van der Waals surface area contributed by atoms with Crippen LogP contribution in [0.15, 0.2) is 34.1 Å². The number of thiophene rings is 1. The van der Waals surface area contributed by atoms with E-state index < -0.39 is 5.97 Å². The number of carboxylic acids is 1. The molecule has 106 valence electrons. The van der Waals surface area contributed by atoms with Crippen LogP contribution in [0.4, 0.5) is 11.4 Å². The fourth-order valence-electron chi connectivity index (χ4n) is 1.97. The number of carboxylic acid groups (broad SMARTS) is 1. The summed E-state index contributed by atoms with van der Waals surface area (Å²) in [6.07, 6.45) is 0. The van der Waals surface area contributed by atoms with Crippen LogP contribution in [0.1, 0.15) is 22.2 Å². The number of benzene rings is 1. The highest BCUT2D eigenvalue weighted by molar-refractivity contribution is 9.10. The average Bonchev–Trinajstić information content (AvgIpc) is 2.81. The molecule has 0 spiro atoms. The number of nitrogens with two attached hydrogens (primary N) is 1. The Labute approximate surface area is 130 Å². The normalized spacial score (nSPS) is 10.5. The van der Waals surface area contributed by atoms with Crippen molar-refractivity contribution in [2.45, 2.75) is 13.5 Å². The van der Waals surface area contributed by atoms with E-state index >= 15 is 0 Å². The van der Waals surface area contributed by atoms with Crippen molar-refractivity contribution in [2.75, 3.05) is 17.2 Å². The van der Waals surface area contributed by atoms with E-state index in [1.807, 2.05) is 12.3 Å². The van der Waals surface area contributed by atoms with Gasteiger partial charge >= 0.3 is 5.97 Å². The SMILES string of the molecule is CCN(Cc1cc(Br)cs1)c1ccc(C(=O)O)cc1N. The quantitative estimate of drug-likeness (QED) is 0.801. The maximum atomic E-state index is 10.9. The minimum absolute atomic E-state index is 0.209. The van der Waals surface area contributed by atoms with Crippen LogP contribution in [0.5, 0.6) is 0 Å². The number of carbonyl (C=O) groups is 1. The van der Waals surface area contributed by atoms with Crippen molar-refractivity contribution in [3.8, 4) is 0 Å². The minimum Gasteiger partial charge on any atom is -0.478 e. The molecule has 0 saturated carbocycles. The number of anilines is 2. The molecule has 1 heterocycles. The van der Waals surface area contributed by atoms with Crippen LogP contribution in [0, 0.1) is 0 Å². The lowest BCUT2D eigenvalue weighted by molar-refractivity contribution is 0.0697. The summed E-state index contributed by atoms with van der Waals surface area (Å²) in [5.74, 6) is -0.964. The number of nitrogen functional groups attached to an aromatic ring is 1. The van der Waals surface area contributed by atoms with Crippen molar-refractivity contribution < 1.29 is 9.90 Å². The Morgan fingerprint density at radius 1 is 1.45 bits per heavy atom. The molecule has 0 aliphatic rings. The molecule has 4 nitrogen and oxygen atoms in total. The van der Waals surface area contributed by atoms with Gasteiger partial charge in [-0.15, -0.1) is 11.3 Å². The summed E-state index contributed by atoms with van der Waals surface area (Å²) in [6.45, 7) is 3.60. The van der Waals surface area contributed by atoms with Crippen molar-refractivity contribution in [3.05, 3.63) is 44.6 Å². The molecule has 1 aromatic heterocycles. The van der Waals surface area contributed by atoms with Crippen LogP contribution in [0.25, 0.3) is 0 Å². The maximum absolute atomic E-state index is 10.9. The summed E-state index contributed by atoms with van der Waals surface area (Å²) in [5.41, 5.74) is 7.54. The molecular formula is C14H15BrN2O2S. The van der Waals surface area contributed by atoms with Crippen molar-refractivity contribution in [3.63, 3.8) is 0 Å². The van der Waals surface area contributed by atoms with E-state index in [2.05, 4.69) is 26.9 Å². The van der Waals surface area contributed by atoms with Gasteiger partial charge in [-0.2, -0.15) is 0 Å². The molecule has 6 heteroatoms. The molecular weight excluding hydrogens is 340 g/mol. The summed E-state index contributed by atoms with van der Waals surface area (Å²) >= 11 is 5.12. The first-order chi connectivity index (χ1) is 9.51. The fraction of sp³-hybridized carbons (Fsp3) is 0.214. The molecule has 1 aromatic carbocycles. The maximum Gasteiger partial charge on any atom is 0.335 e. The first-order valence-corrected chi connectivity index (χ1v) is 7.79. The zero-order chi connectivity index (χ0) is 14.7. The van der Waals surface area contributed by atoms with Gasteiger partial charge in [0.2, 0.25) is 0 Å². The topological polar surface area (TPSA) is 66.6 Å². The third-order valence-corrected chi connectivity index (χ3v) is 4.65. The van der Waals surface area contributed by atoms with Crippen LogP contribution in [0.2, 0.25) is 0 Å². The van der Waals surface area contributed by atoms with E-state index in [0.717, 1.165) is 23.2 Å². The van der Waals surface area contributed by atoms with Gasteiger partial charge in [0.25, 0.3) is 0 Å². The summed E-state index contributed by atoms with van der Waals surface area (Å²) < 4.78 is 1.07. The van der Waals surface area contributed by atoms with E-state index in [1.54, 1.807) is 23.5 Å². The monoisotopic (exact) mass is 354 g/mol. The lowest BCUT2D eigenvalue weighted by atomic mass is 10.1. The highest BCUT2D eigenvalue weighted by Gasteiger charge is 2.12. The molecule has 0 aliphatic carbocycles. The molecule has 0 atom stereocenters. The molecule has 20 heavy (non-hydrogen) atoms. The van der Waals surface area contributed by atoms with E-state index in [9.17, 15) is 4.79 Å². The largest absolute Gasteiger partial charge is 0.478 e. The standard InChI is InChI=1S/C14H15BrN2O2S/c1-2-17(7-11-6-10(15)8-20-11)13-4-3-9(14(18)19)5-12(13)16/h3-6,8H,2,7,16H2,1H3,(H,18,19). The Morgan fingerprint density at radius 3 is 2.70 bits per heavy atom. The Morgan fingerprint density at radius 2 is 2.20 bits per heavy atom. The van der Waals surface area contributed by atoms with Crippen molar-refractivity contribution in [1.82, 2.24) is 0 Å². The Hall–Kier alpha value is -1.53. The average molecular weight is 355 g/mol. The Kier molecular flexibility index (Phi) is 4.67. The number of hydrogen-bond donors (Lipinski definition) is 2. The lowest BCUT2D eigenvalue weighted by Gasteiger charge is -2.24. The third-order valence-electron chi connectivity index (χ3n) is 2.97. The van der Waals surface area contributed by atoms with Crippen LogP contribution in [-0.4, -0.2) is 17.6 Å². The first kappa shape index (κ1) is 14.9. The molecule has 3 N–H and O–H groups in total. The van der Waals surface area contributed by atoms with Gasteiger partial charge < -0.3 is 15.7 Å². The van der Waals surface area contributed by atoms with Crippen LogP contribution < -0.4 is 10.6 Å². The molecule has 2 rings (SSSR count). The summed E-state index contributed by atoms with van der Waals surface area (Å²) in [6, 6.07) is 6.94. The Balaban J connectivity index is 2.25. The third kappa shape index (κ3) is 3.32. The van der Waals surface area contributed by atoms with Crippen molar-refractivity contribution in [1.29, 1.82) is 0 Å². The second-order valence-electron chi connectivity index (χ2n) is 4.32. The predicted octanol–water partition coefficient (Wildman–Crippen LogP) is 3.82. The van der Waals surface area contributed by atoms with Gasteiger partial charge in [-0.1, -0.05) is 0 Å². The molecule has 2 aromatic rings. The predicted molar refractivity (Wildman–Crippen MR) is 86.6 cm³/mol. The van der Waals surface area contributed by atoms with E-state index in [4.69, 9.17) is 10.8 Å². The summed E-state index contributed by atoms with van der Waals surface area (Å²) in [4.78, 5) is 14.3. The van der Waals surface area contributed by atoms with E-state index in [1.165, 1.54) is 10.9 Å². The van der Waals surface area contributed by atoms with Gasteiger partial charge in [-0.25, -0.2) is 4.79 Å². The number of hydrogen-bond acceptors (Lipinski definition) is 4. The van der Waals surface area contributed by atoms with Gasteiger partial charge in [0.15, 0.2) is 0 Å². The zero-order valence-corrected chi connectivity index (χ0v) is 13.4. The van der Waals surface area contributed by atoms with Gasteiger partial charge in [0.1, 0.15) is 0 Å². The van der Waals surface area contributed by atoms with Gasteiger partial charge in [0, 0.05) is 21.3 Å². The fourth-order valence-corrected chi connectivity index (χ4v) is 3.43. The van der Waals surface area contributed by atoms with E-state index in [-0.39, 0.29) is 5.56 Å². The second-order valence-corrected chi connectivity index (χ2v) is 6.24. The molecule has 0 saturated heterocycles. The smallest absolute Gasteiger partial charge is 0.335 e. The zero-order valence-electron chi connectivity index (χ0n) is 11.0. The molecule has 0 amide bonds. The molecule has 0 bridgehead atoms. The van der Waals surface area contributed by atoms with Crippen molar-refractivity contribution >= 4 is 44.6 Å². The second kappa shape index (κ2) is 6.28. The van der Waals surface area contributed by atoms with Crippen molar-refractivity contribution in [2.24, 2.45) is 0 Å².